The molecular weight excluding hydrogens is 354 g/mol. The Balaban J connectivity index is 1.42. The molecule has 0 radical (unpaired) electrons. The van der Waals surface area contributed by atoms with E-state index < -0.39 is 12.0 Å². The summed E-state index contributed by atoms with van der Waals surface area (Å²) >= 11 is 1.52. The van der Waals surface area contributed by atoms with Gasteiger partial charge in [0.25, 0.3) is 0 Å². The lowest BCUT2D eigenvalue weighted by molar-refractivity contribution is -0.149. The second-order valence-corrected chi connectivity index (χ2v) is 7.94. The van der Waals surface area contributed by atoms with E-state index >= 15 is 0 Å². The van der Waals surface area contributed by atoms with Crippen molar-refractivity contribution < 1.29 is 19.2 Å². The van der Waals surface area contributed by atoms with Crippen LogP contribution in [0.2, 0.25) is 0 Å². The van der Waals surface area contributed by atoms with Crippen molar-refractivity contribution in [2.24, 2.45) is 5.92 Å². The number of aromatic nitrogens is 2. The molecule has 8 heteroatoms. The van der Waals surface area contributed by atoms with Crippen LogP contribution in [0.5, 0.6) is 0 Å². The SMILES string of the molecule is O=C(O)[C@@H]1C[C@H]2CCCC[C@@H]2N1C(=O)CCc1nc(-c2cccs2)no1. The fraction of sp³-hybridized carbons (Fsp3) is 0.556. The summed E-state index contributed by atoms with van der Waals surface area (Å²) < 4.78 is 5.24. The number of thiophene rings is 1. The highest BCUT2D eigenvalue weighted by Gasteiger charge is 2.47. The van der Waals surface area contributed by atoms with Gasteiger partial charge >= 0.3 is 5.97 Å². The summed E-state index contributed by atoms with van der Waals surface area (Å²) in [6.45, 7) is 0. The average molecular weight is 375 g/mol. The van der Waals surface area contributed by atoms with Crippen molar-refractivity contribution in [3.05, 3.63) is 23.4 Å². The van der Waals surface area contributed by atoms with Crippen LogP contribution < -0.4 is 0 Å². The molecule has 1 saturated heterocycles. The van der Waals surface area contributed by atoms with E-state index in [1.54, 1.807) is 4.90 Å². The van der Waals surface area contributed by atoms with Gasteiger partial charge in [0, 0.05) is 18.9 Å². The first-order chi connectivity index (χ1) is 12.6. The van der Waals surface area contributed by atoms with Gasteiger partial charge in [-0.15, -0.1) is 11.3 Å². The molecular formula is C18H21N3O4S. The van der Waals surface area contributed by atoms with Crippen molar-refractivity contribution in [1.29, 1.82) is 0 Å². The number of nitrogens with zero attached hydrogens (tertiary/aromatic N) is 3. The van der Waals surface area contributed by atoms with Crippen molar-refractivity contribution in [2.75, 3.05) is 0 Å². The molecule has 138 valence electrons. The number of aryl methyl sites for hydroxylation is 1. The van der Waals surface area contributed by atoms with E-state index in [2.05, 4.69) is 10.1 Å². The highest BCUT2D eigenvalue weighted by atomic mass is 32.1. The van der Waals surface area contributed by atoms with Crippen LogP contribution in [0.25, 0.3) is 10.7 Å². The van der Waals surface area contributed by atoms with Gasteiger partial charge in [0.05, 0.1) is 4.88 Å². The highest BCUT2D eigenvalue weighted by Crippen LogP contribution is 2.40. The predicted octanol–water partition coefficient (Wildman–Crippen LogP) is 2.98. The summed E-state index contributed by atoms with van der Waals surface area (Å²) in [4.78, 5) is 31.3. The number of hydrogen-bond donors (Lipinski definition) is 1. The van der Waals surface area contributed by atoms with Gasteiger partial charge in [-0.2, -0.15) is 4.98 Å². The maximum atomic E-state index is 12.8. The second-order valence-electron chi connectivity index (χ2n) is 6.99. The number of carboxylic acid groups (broad SMARTS) is 1. The number of likely N-dealkylation sites (tertiary alicyclic amines) is 1. The Hall–Kier alpha value is -2.22. The summed E-state index contributed by atoms with van der Waals surface area (Å²) in [7, 11) is 0. The van der Waals surface area contributed by atoms with Gasteiger partial charge in [-0.05, 0) is 36.6 Å². The fourth-order valence-electron chi connectivity index (χ4n) is 4.24. The monoisotopic (exact) mass is 375 g/mol. The molecule has 2 aromatic heterocycles. The molecule has 4 rings (SSSR count). The zero-order valence-electron chi connectivity index (χ0n) is 14.3. The van der Waals surface area contributed by atoms with Gasteiger partial charge in [0.2, 0.25) is 17.6 Å². The Morgan fingerprint density at radius 2 is 2.19 bits per heavy atom. The maximum absolute atomic E-state index is 12.8. The molecule has 0 spiro atoms. The average Bonchev–Trinajstić information content (AvgIpc) is 3.37. The Labute approximate surface area is 155 Å². The molecule has 2 fully saturated rings. The topological polar surface area (TPSA) is 96.5 Å². The van der Waals surface area contributed by atoms with Crippen LogP contribution in [0.1, 0.15) is 44.4 Å². The van der Waals surface area contributed by atoms with E-state index in [0.717, 1.165) is 30.6 Å². The largest absolute Gasteiger partial charge is 0.480 e. The molecule has 1 amide bonds. The van der Waals surface area contributed by atoms with Crippen LogP contribution in [0.15, 0.2) is 22.0 Å². The van der Waals surface area contributed by atoms with Gasteiger partial charge in [-0.25, -0.2) is 4.79 Å². The smallest absolute Gasteiger partial charge is 0.326 e. The van der Waals surface area contributed by atoms with Crippen LogP contribution in [0, 0.1) is 5.92 Å². The summed E-state index contributed by atoms with van der Waals surface area (Å²) in [6, 6.07) is 3.20. The van der Waals surface area contributed by atoms with Crippen molar-refractivity contribution in [2.45, 2.75) is 57.0 Å². The molecule has 2 aromatic rings. The minimum Gasteiger partial charge on any atom is -0.480 e. The van der Waals surface area contributed by atoms with E-state index in [1.807, 2.05) is 17.5 Å². The van der Waals surface area contributed by atoms with Crippen molar-refractivity contribution >= 4 is 23.2 Å². The van der Waals surface area contributed by atoms with E-state index in [-0.39, 0.29) is 18.4 Å². The van der Waals surface area contributed by atoms with E-state index in [9.17, 15) is 14.7 Å². The zero-order valence-corrected chi connectivity index (χ0v) is 15.2. The Morgan fingerprint density at radius 1 is 1.35 bits per heavy atom. The highest BCUT2D eigenvalue weighted by molar-refractivity contribution is 7.13. The third kappa shape index (κ3) is 3.25. The maximum Gasteiger partial charge on any atom is 0.326 e. The molecule has 26 heavy (non-hydrogen) atoms. The molecule has 3 atom stereocenters. The minimum atomic E-state index is -0.898. The molecule has 0 aromatic carbocycles. The number of carboxylic acids is 1. The third-order valence-electron chi connectivity index (χ3n) is 5.42. The van der Waals surface area contributed by atoms with Gasteiger partial charge in [0.15, 0.2) is 0 Å². The number of carbonyl (C=O) groups excluding carboxylic acids is 1. The Bertz CT molecular complexity index is 788. The second kappa shape index (κ2) is 7.19. The zero-order chi connectivity index (χ0) is 18.1. The molecule has 1 N–H and O–H groups in total. The Kier molecular flexibility index (Phi) is 4.76. The van der Waals surface area contributed by atoms with Crippen molar-refractivity contribution in [3.8, 4) is 10.7 Å². The summed E-state index contributed by atoms with van der Waals surface area (Å²) in [5.41, 5.74) is 0. The number of fused-ring (bicyclic) bond motifs is 1. The standard InChI is InChI=1S/C18H21N3O4S/c22-16(8-7-15-19-17(20-25-15)14-6-3-9-26-14)21-12-5-2-1-4-11(12)10-13(21)18(23)24/h3,6,9,11-13H,1-2,4-5,7-8,10H2,(H,23,24)/t11-,12+,13+/m1/s1. The third-order valence-corrected chi connectivity index (χ3v) is 6.29. The van der Waals surface area contributed by atoms with Crippen molar-refractivity contribution in [3.63, 3.8) is 0 Å². The number of carbonyl (C=O) groups is 2. The van der Waals surface area contributed by atoms with Crippen LogP contribution in [0.4, 0.5) is 0 Å². The van der Waals surface area contributed by atoms with Gasteiger partial charge in [-0.1, -0.05) is 24.1 Å². The molecule has 1 aliphatic carbocycles. The number of hydrogen-bond acceptors (Lipinski definition) is 6. The van der Waals surface area contributed by atoms with E-state index in [1.165, 1.54) is 11.3 Å². The molecule has 3 heterocycles. The summed E-state index contributed by atoms with van der Waals surface area (Å²) in [5.74, 6) is 0.239. The van der Waals surface area contributed by atoms with Crippen LogP contribution in [0.3, 0.4) is 0 Å². The lowest BCUT2D eigenvalue weighted by Gasteiger charge is -2.33. The Morgan fingerprint density at radius 3 is 2.96 bits per heavy atom. The van der Waals surface area contributed by atoms with Gasteiger partial charge < -0.3 is 14.5 Å². The molecule has 1 aliphatic heterocycles. The lowest BCUT2D eigenvalue weighted by atomic mass is 9.84. The van der Waals surface area contributed by atoms with Gasteiger partial charge in [-0.3, -0.25) is 4.79 Å². The molecule has 7 nitrogen and oxygen atoms in total. The van der Waals surface area contributed by atoms with Crippen LogP contribution in [-0.2, 0) is 16.0 Å². The lowest BCUT2D eigenvalue weighted by Crippen LogP contribution is -2.46. The molecule has 0 bridgehead atoms. The normalized spacial score (nSPS) is 25.2. The van der Waals surface area contributed by atoms with Crippen LogP contribution >= 0.6 is 11.3 Å². The fourth-order valence-corrected chi connectivity index (χ4v) is 4.89. The number of aliphatic carboxylic acids is 1. The number of rotatable bonds is 5. The first-order valence-electron chi connectivity index (χ1n) is 9.04. The first-order valence-corrected chi connectivity index (χ1v) is 9.92. The molecule has 2 aliphatic rings. The van der Waals surface area contributed by atoms with Gasteiger partial charge in [0.1, 0.15) is 6.04 Å². The van der Waals surface area contributed by atoms with E-state index in [0.29, 0.717) is 30.5 Å². The number of amides is 1. The quantitative estimate of drug-likeness (QED) is 0.863. The predicted molar refractivity (Wildman–Crippen MR) is 94.6 cm³/mol. The van der Waals surface area contributed by atoms with Crippen LogP contribution in [-0.4, -0.2) is 44.1 Å². The minimum absolute atomic E-state index is 0.0710. The summed E-state index contributed by atoms with van der Waals surface area (Å²) in [6.07, 6.45) is 5.22. The molecule has 1 saturated carbocycles. The summed E-state index contributed by atoms with van der Waals surface area (Å²) in [5, 5.41) is 15.4. The van der Waals surface area contributed by atoms with E-state index in [4.69, 9.17) is 4.52 Å². The van der Waals surface area contributed by atoms with Crippen molar-refractivity contribution in [1.82, 2.24) is 15.0 Å². The molecule has 0 unspecified atom stereocenters. The first kappa shape index (κ1) is 17.2.